The molecule has 1 aromatic carbocycles. The first-order valence-electron chi connectivity index (χ1n) is 6.69. The molecule has 2 aromatic rings. The minimum absolute atomic E-state index is 1.00. The van der Waals surface area contributed by atoms with E-state index in [4.69, 9.17) is 0 Å². The van der Waals surface area contributed by atoms with Gasteiger partial charge in [0.05, 0.1) is 0 Å². The lowest BCUT2D eigenvalue weighted by atomic mass is 10.2. The fourth-order valence-electron chi connectivity index (χ4n) is 2.33. The molecule has 19 heavy (non-hydrogen) atoms. The topological polar surface area (TPSA) is 41.1 Å². The van der Waals surface area contributed by atoms with Crippen molar-refractivity contribution < 1.29 is 0 Å². The zero-order valence-electron chi connectivity index (χ0n) is 11.1. The van der Waals surface area contributed by atoms with E-state index in [-0.39, 0.29) is 0 Å². The molecule has 0 saturated carbocycles. The smallest absolute Gasteiger partial charge is 0.147 e. The molecule has 1 aliphatic heterocycles. The highest BCUT2D eigenvalue weighted by molar-refractivity contribution is 7.14. The van der Waals surface area contributed by atoms with Gasteiger partial charge in [0.1, 0.15) is 10.0 Å². The maximum Gasteiger partial charge on any atom is 0.147 e. The van der Waals surface area contributed by atoms with E-state index < -0.39 is 0 Å². The Bertz CT molecular complexity index is 527. The highest BCUT2D eigenvalue weighted by atomic mass is 32.1. The van der Waals surface area contributed by atoms with Crippen LogP contribution < -0.4 is 10.2 Å². The van der Waals surface area contributed by atoms with Gasteiger partial charge >= 0.3 is 0 Å². The van der Waals surface area contributed by atoms with Crippen molar-refractivity contribution in [2.75, 3.05) is 31.1 Å². The summed E-state index contributed by atoms with van der Waals surface area (Å²) in [5.41, 5.74) is 2.45. The van der Waals surface area contributed by atoms with Crippen molar-refractivity contribution >= 4 is 17.0 Å². The molecule has 3 rings (SSSR count). The number of aromatic nitrogens is 2. The van der Waals surface area contributed by atoms with Gasteiger partial charge in [-0.3, -0.25) is 0 Å². The second kappa shape index (κ2) is 5.67. The molecule has 0 atom stereocenters. The average molecular weight is 274 g/mol. The van der Waals surface area contributed by atoms with Crippen LogP contribution in [0.4, 0.5) is 5.69 Å². The zero-order valence-corrected chi connectivity index (χ0v) is 11.9. The van der Waals surface area contributed by atoms with Crippen LogP contribution in [-0.4, -0.2) is 36.4 Å². The minimum atomic E-state index is 1.00. The van der Waals surface area contributed by atoms with E-state index in [9.17, 15) is 0 Å². The standard InChI is InChI=1S/C14H18N4S/c1-11-16-17-14(19-11)12-3-5-13(6-4-12)18-9-2-7-15-8-10-18/h3-6,15H,2,7-10H2,1H3. The van der Waals surface area contributed by atoms with Gasteiger partial charge in [-0.25, -0.2) is 0 Å². The summed E-state index contributed by atoms with van der Waals surface area (Å²) >= 11 is 1.64. The number of benzene rings is 1. The zero-order chi connectivity index (χ0) is 13.1. The van der Waals surface area contributed by atoms with Crippen molar-refractivity contribution in [1.82, 2.24) is 15.5 Å². The first kappa shape index (κ1) is 12.6. The van der Waals surface area contributed by atoms with E-state index in [1.54, 1.807) is 11.3 Å². The van der Waals surface area contributed by atoms with E-state index in [0.29, 0.717) is 0 Å². The summed E-state index contributed by atoms with van der Waals surface area (Å²) in [6.45, 7) is 6.39. The fraction of sp³-hybridized carbons (Fsp3) is 0.429. The van der Waals surface area contributed by atoms with Gasteiger partial charge in [0.2, 0.25) is 0 Å². The minimum Gasteiger partial charge on any atom is -0.370 e. The molecular formula is C14H18N4S. The lowest BCUT2D eigenvalue weighted by Gasteiger charge is -2.22. The third-order valence-corrected chi connectivity index (χ3v) is 4.23. The number of hydrogen-bond acceptors (Lipinski definition) is 5. The summed E-state index contributed by atoms with van der Waals surface area (Å²) in [7, 11) is 0. The number of aryl methyl sites for hydroxylation is 1. The number of rotatable bonds is 2. The fourth-order valence-corrected chi connectivity index (χ4v) is 3.03. The summed E-state index contributed by atoms with van der Waals surface area (Å²) in [6, 6.07) is 8.68. The quantitative estimate of drug-likeness (QED) is 0.912. The largest absolute Gasteiger partial charge is 0.370 e. The summed E-state index contributed by atoms with van der Waals surface area (Å²) in [5.74, 6) is 0. The van der Waals surface area contributed by atoms with Crippen LogP contribution in [0.1, 0.15) is 11.4 Å². The predicted molar refractivity (Wildman–Crippen MR) is 79.8 cm³/mol. The van der Waals surface area contributed by atoms with Gasteiger partial charge in [0.15, 0.2) is 0 Å². The van der Waals surface area contributed by atoms with Crippen molar-refractivity contribution in [3.8, 4) is 10.6 Å². The molecule has 0 unspecified atom stereocenters. The highest BCUT2D eigenvalue weighted by Crippen LogP contribution is 2.25. The van der Waals surface area contributed by atoms with Crippen LogP contribution in [0.2, 0.25) is 0 Å². The maximum absolute atomic E-state index is 4.19. The van der Waals surface area contributed by atoms with Crippen LogP contribution in [0.3, 0.4) is 0 Å². The van der Waals surface area contributed by atoms with E-state index in [1.165, 1.54) is 12.1 Å². The van der Waals surface area contributed by atoms with Crippen LogP contribution in [0, 0.1) is 6.92 Å². The Hall–Kier alpha value is -1.46. The Morgan fingerprint density at radius 2 is 1.95 bits per heavy atom. The Balaban J connectivity index is 1.78. The molecular weight excluding hydrogens is 256 g/mol. The summed E-state index contributed by atoms with van der Waals surface area (Å²) in [4.78, 5) is 2.44. The van der Waals surface area contributed by atoms with Gasteiger partial charge in [-0.1, -0.05) is 11.3 Å². The molecule has 1 aromatic heterocycles. The van der Waals surface area contributed by atoms with Crippen molar-refractivity contribution in [3.05, 3.63) is 29.3 Å². The molecule has 2 heterocycles. The molecule has 0 bridgehead atoms. The van der Waals surface area contributed by atoms with Crippen molar-refractivity contribution in [2.45, 2.75) is 13.3 Å². The third-order valence-electron chi connectivity index (χ3n) is 3.35. The second-order valence-electron chi connectivity index (χ2n) is 4.76. The number of nitrogens with zero attached hydrogens (tertiary/aromatic N) is 3. The SMILES string of the molecule is Cc1nnc(-c2ccc(N3CCCNCC3)cc2)s1. The van der Waals surface area contributed by atoms with Crippen molar-refractivity contribution in [2.24, 2.45) is 0 Å². The number of anilines is 1. The van der Waals surface area contributed by atoms with Gasteiger partial charge in [-0.05, 0) is 44.2 Å². The molecule has 1 aliphatic rings. The van der Waals surface area contributed by atoms with Crippen LogP contribution in [0.25, 0.3) is 10.6 Å². The summed E-state index contributed by atoms with van der Waals surface area (Å²) in [6.07, 6.45) is 1.21. The molecule has 0 aliphatic carbocycles. The Morgan fingerprint density at radius 1 is 1.11 bits per heavy atom. The highest BCUT2D eigenvalue weighted by Gasteiger charge is 2.10. The normalized spacial score (nSPS) is 16.4. The van der Waals surface area contributed by atoms with Crippen LogP contribution in [0.15, 0.2) is 24.3 Å². The summed E-state index contributed by atoms with van der Waals surface area (Å²) < 4.78 is 0. The van der Waals surface area contributed by atoms with Gasteiger partial charge in [0.25, 0.3) is 0 Å². The molecule has 1 N–H and O–H groups in total. The molecule has 4 nitrogen and oxygen atoms in total. The Labute approximate surface area is 117 Å². The monoisotopic (exact) mass is 274 g/mol. The number of hydrogen-bond donors (Lipinski definition) is 1. The van der Waals surface area contributed by atoms with Gasteiger partial charge in [-0.2, -0.15) is 0 Å². The molecule has 0 spiro atoms. The average Bonchev–Trinajstić information content (AvgIpc) is 2.72. The predicted octanol–water partition coefficient (Wildman–Crippen LogP) is 2.31. The van der Waals surface area contributed by atoms with E-state index >= 15 is 0 Å². The Kier molecular flexibility index (Phi) is 3.75. The van der Waals surface area contributed by atoms with Gasteiger partial charge < -0.3 is 10.2 Å². The van der Waals surface area contributed by atoms with Gasteiger partial charge in [0, 0.05) is 30.9 Å². The maximum atomic E-state index is 4.19. The van der Waals surface area contributed by atoms with E-state index in [0.717, 1.165) is 41.8 Å². The van der Waals surface area contributed by atoms with Crippen LogP contribution >= 0.6 is 11.3 Å². The number of nitrogens with one attached hydrogen (secondary N) is 1. The third kappa shape index (κ3) is 2.93. The van der Waals surface area contributed by atoms with Crippen molar-refractivity contribution in [1.29, 1.82) is 0 Å². The first-order chi connectivity index (χ1) is 9.33. The second-order valence-corrected chi connectivity index (χ2v) is 5.95. The first-order valence-corrected chi connectivity index (χ1v) is 7.51. The molecule has 100 valence electrons. The van der Waals surface area contributed by atoms with E-state index in [1.807, 2.05) is 6.92 Å². The molecule has 1 fully saturated rings. The van der Waals surface area contributed by atoms with E-state index in [2.05, 4.69) is 44.7 Å². The van der Waals surface area contributed by atoms with Crippen LogP contribution in [0.5, 0.6) is 0 Å². The van der Waals surface area contributed by atoms with Crippen molar-refractivity contribution in [3.63, 3.8) is 0 Å². The summed E-state index contributed by atoms with van der Waals surface area (Å²) in [5, 5.41) is 13.7. The molecule has 0 radical (unpaired) electrons. The molecule has 5 heteroatoms. The molecule has 1 saturated heterocycles. The Morgan fingerprint density at radius 3 is 2.68 bits per heavy atom. The molecule has 0 amide bonds. The lowest BCUT2D eigenvalue weighted by Crippen LogP contribution is -2.27. The van der Waals surface area contributed by atoms with Crippen LogP contribution in [-0.2, 0) is 0 Å². The lowest BCUT2D eigenvalue weighted by molar-refractivity contribution is 0.724. The van der Waals surface area contributed by atoms with Gasteiger partial charge in [-0.15, -0.1) is 10.2 Å².